The summed E-state index contributed by atoms with van der Waals surface area (Å²) < 4.78 is 54.5. The van der Waals surface area contributed by atoms with Crippen LogP contribution in [0.15, 0.2) is 32.9 Å². The van der Waals surface area contributed by atoms with Crippen LogP contribution in [-0.2, 0) is 18.1 Å². The lowest BCUT2D eigenvalue weighted by Gasteiger charge is -2.16. The molecule has 1 aliphatic carbocycles. The monoisotopic (exact) mass is 445 g/mol. The van der Waals surface area contributed by atoms with Gasteiger partial charge in [0.25, 0.3) is 5.56 Å². The van der Waals surface area contributed by atoms with Crippen molar-refractivity contribution in [1.82, 2.24) is 9.13 Å². The first-order valence-electron chi connectivity index (χ1n) is 9.14. The summed E-state index contributed by atoms with van der Waals surface area (Å²) in [7, 11) is 0.856. The fourth-order valence-corrected chi connectivity index (χ4v) is 4.34. The highest BCUT2D eigenvalue weighted by molar-refractivity contribution is 6.34. The van der Waals surface area contributed by atoms with E-state index in [0.717, 1.165) is 32.0 Å². The van der Waals surface area contributed by atoms with Gasteiger partial charge in [0, 0.05) is 24.6 Å². The van der Waals surface area contributed by atoms with E-state index in [-0.39, 0.29) is 39.2 Å². The van der Waals surface area contributed by atoms with Gasteiger partial charge in [-0.15, -0.1) is 0 Å². The minimum Gasteiger partial charge on any atom is -0.391 e. The number of hydrogen-bond acceptors (Lipinski definition) is 4. The van der Waals surface area contributed by atoms with Crippen molar-refractivity contribution >= 4 is 17.3 Å². The third-order valence-electron chi connectivity index (χ3n) is 5.68. The summed E-state index contributed by atoms with van der Waals surface area (Å²) in [6, 6.07) is 2.31. The molecule has 6 nitrogen and oxygen atoms in total. The number of benzene rings is 1. The molecule has 160 valence electrons. The van der Waals surface area contributed by atoms with Crippen LogP contribution in [0.4, 0.5) is 17.6 Å². The van der Waals surface area contributed by atoms with Crippen molar-refractivity contribution in [3.8, 4) is 5.69 Å². The maximum absolute atomic E-state index is 14.7. The molecule has 3 atom stereocenters. The second-order valence-corrected chi connectivity index (χ2v) is 7.94. The van der Waals surface area contributed by atoms with Crippen LogP contribution >= 0.6 is 11.6 Å². The van der Waals surface area contributed by atoms with Crippen molar-refractivity contribution in [1.29, 1.82) is 0 Å². The van der Waals surface area contributed by atoms with Gasteiger partial charge in [-0.05, 0) is 30.9 Å². The molecule has 11 heteroatoms. The number of fused-ring (bicyclic) bond motifs is 1. The van der Waals surface area contributed by atoms with Gasteiger partial charge in [0.05, 0.1) is 16.4 Å². The van der Waals surface area contributed by atoms with Gasteiger partial charge in [-0.2, -0.15) is 13.2 Å². The first-order chi connectivity index (χ1) is 14.0. The molecule has 0 saturated heterocycles. The highest BCUT2D eigenvalue weighted by Crippen LogP contribution is 2.41. The van der Waals surface area contributed by atoms with Crippen molar-refractivity contribution in [2.75, 3.05) is 0 Å². The molecule has 0 bridgehead atoms. The standard InChI is InChI=1S/C19H16ClF4N3O3/c1-8-3-4-9-16(25-30-17(8)9)10-5-13(12(21)6-11(10)20)27-15(28)7-14(19(22,23)24)26(2)18(27)29/h5-9,17H,3-4H2,1-2H3. The Morgan fingerprint density at radius 1 is 1.20 bits per heavy atom. The van der Waals surface area contributed by atoms with Crippen molar-refractivity contribution in [3.05, 3.63) is 61.1 Å². The van der Waals surface area contributed by atoms with Crippen LogP contribution < -0.4 is 11.2 Å². The molecule has 1 fully saturated rings. The van der Waals surface area contributed by atoms with E-state index >= 15 is 0 Å². The maximum atomic E-state index is 14.7. The molecular formula is C19H16ClF4N3O3. The molecule has 0 N–H and O–H groups in total. The Kier molecular flexibility index (Phi) is 4.80. The number of alkyl halides is 3. The van der Waals surface area contributed by atoms with Gasteiger partial charge in [0.2, 0.25) is 0 Å². The Bertz CT molecular complexity index is 1190. The van der Waals surface area contributed by atoms with E-state index in [1.165, 1.54) is 0 Å². The summed E-state index contributed by atoms with van der Waals surface area (Å²) >= 11 is 6.20. The van der Waals surface area contributed by atoms with Crippen molar-refractivity contribution < 1.29 is 22.4 Å². The van der Waals surface area contributed by atoms with Crippen molar-refractivity contribution in [2.45, 2.75) is 32.0 Å². The Balaban J connectivity index is 1.88. The molecule has 2 aromatic rings. The fourth-order valence-electron chi connectivity index (χ4n) is 4.10. The number of hydrogen-bond donors (Lipinski definition) is 0. The molecule has 0 spiro atoms. The normalized spacial score (nSPS) is 23.3. The van der Waals surface area contributed by atoms with E-state index in [2.05, 4.69) is 5.16 Å². The van der Waals surface area contributed by atoms with Crippen LogP contribution in [0.3, 0.4) is 0 Å². The van der Waals surface area contributed by atoms with Gasteiger partial charge >= 0.3 is 11.9 Å². The van der Waals surface area contributed by atoms with Crippen molar-refractivity contribution in [2.24, 2.45) is 24.0 Å². The van der Waals surface area contributed by atoms with Gasteiger partial charge in [-0.1, -0.05) is 23.7 Å². The van der Waals surface area contributed by atoms with Crippen molar-refractivity contribution in [3.63, 3.8) is 0 Å². The number of aromatic nitrogens is 2. The third kappa shape index (κ3) is 3.13. The van der Waals surface area contributed by atoms with Crippen LogP contribution in [0, 0.1) is 17.7 Å². The van der Waals surface area contributed by atoms with E-state index in [0.29, 0.717) is 10.3 Å². The predicted octanol–water partition coefficient (Wildman–Crippen LogP) is 3.50. The van der Waals surface area contributed by atoms with Gasteiger partial charge in [0.15, 0.2) is 0 Å². The predicted molar refractivity (Wildman–Crippen MR) is 101 cm³/mol. The Hall–Kier alpha value is -2.62. The number of halogens is 5. The van der Waals surface area contributed by atoms with E-state index < -0.39 is 34.6 Å². The quantitative estimate of drug-likeness (QED) is 0.665. The number of nitrogens with zero attached hydrogens (tertiary/aromatic N) is 3. The smallest absolute Gasteiger partial charge is 0.391 e. The van der Waals surface area contributed by atoms with E-state index in [4.69, 9.17) is 16.4 Å². The molecule has 1 aliphatic heterocycles. The Morgan fingerprint density at radius 2 is 1.90 bits per heavy atom. The van der Waals surface area contributed by atoms with Crippen LogP contribution in [0.25, 0.3) is 5.69 Å². The van der Waals surface area contributed by atoms with Gasteiger partial charge in [-0.25, -0.2) is 13.8 Å². The molecule has 1 aromatic heterocycles. The number of rotatable bonds is 2. The average Bonchev–Trinajstić information content (AvgIpc) is 3.22. The minimum absolute atomic E-state index is 0.00409. The Labute approximate surface area is 172 Å². The fraction of sp³-hybridized carbons (Fsp3) is 0.421. The molecule has 4 rings (SSSR count). The van der Waals surface area contributed by atoms with Crippen LogP contribution in [0.5, 0.6) is 0 Å². The highest BCUT2D eigenvalue weighted by atomic mass is 35.5. The first-order valence-corrected chi connectivity index (χ1v) is 9.52. The lowest BCUT2D eigenvalue weighted by Crippen LogP contribution is -2.41. The summed E-state index contributed by atoms with van der Waals surface area (Å²) in [6.45, 7) is 2.02. The molecule has 3 unspecified atom stereocenters. The lowest BCUT2D eigenvalue weighted by atomic mass is 9.92. The second kappa shape index (κ2) is 6.97. The largest absolute Gasteiger partial charge is 0.431 e. The highest BCUT2D eigenvalue weighted by Gasteiger charge is 2.44. The lowest BCUT2D eigenvalue weighted by molar-refractivity contribution is -0.144. The minimum atomic E-state index is -4.92. The van der Waals surface area contributed by atoms with Crippen LogP contribution in [0.2, 0.25) is 5.02 Å². The summed E-state index contributed by atoms with van der Waals surface area (Å²) in [6.07, 6.45) is -3.39. The molecule has 0 radical (unpaired) electrons. The van der Waals surface area contributed by atoms with Gasteiger partial charge in [-0.3, -0.25) is 9.36 Å². The first kappa shape index (κ1) is 20.6. The molecule has 30 heavy (non-hydrogen) atoms. The topological polar surface area (TPSA) is 65.6 Å². The zero-order chi connectivity index (χ0) is 22.0. The SMILES string of the molecule is CC1CCC2C(c3cc(-n4c(=O)cc(C(F)(F)F)n(C)c4=O)c(F)cc3Cl)=NOC12. The molecule has 2 heterocycles. The maximum Gasteiger partial charge on any atom is 0.431 e. The molecule has 2 aliphatic rings. The molecule has 0 amide bonds. The van der Waals surface area contributed by atoms with E-state index in [1.54, 1.807) is 0 Å². The summed E-state index contributed by atoms with van der Waals surface area (Å²) in [4.78, 5) is 30.4. The molecule has 1 saturated carbocycles. The zero-order valence-electron chi connectivity index (χ0n) is 15.8. The van der Waals surface area contributed by atoms with E-state index in [9.17, 15) is 27.2 Å². The molecule has 1 aromatic carbocycles. The van der Waals surface area contributed by atoms with Gasteiger partial charge < -0.3 is 4.84 Å². The third-order valence-corrected chi connectivity index (χ3v) is 5.99. The Morgan fingerprint density at radius 3 is 2.57 bits per heavy atom. The number of oxime groups is 1. The van der Waals surface area contributed by atoms with Gasteiger partial charge in [0.1, 0.15) is 17.6 Å². The van der Waals surface area contributed by atoms with Crippen LogP contribution in [-0.4, -0.2) is 20.9 Å². The molecular weight excluding hydrogens is 430 g/mol. The zero-order valence-corrected chi connectivity index (χ0v) is 16.6. The summed E-state index contributed by atoms with van der Waals surface area (Å²) in [5.41, 5.74) is -3.85. The van der Waals surface area contributed by atoms with E-state index in [1.807, 2.05) is 6.92 Å². The average molecular weight is 446 g/mol. The van der Waals surface area contributed by atoms with Crippen LogP contribution in [0.1, 0.15) is 31.0 Å². The second-order valence-electron chi connectivity index (χ2n) is 7.53. The summed E-state index contributed by atoms with van der Waals surface area (Å²) in [5, 5.41) is 4.06. The summed E-state index contributed by atoms with van der Waals surface area (Å²) in [5.74, 6) is -0.846.